The Kier molecular flexibility index (Phi) is 5.16. The van der Waals surface area contributed by atoms with Gasteiger partial charge < -0.3 is 9.64 Å². The second-order valence-corrected chi connectivity index (χ2v) is 5.93. The van der Waals surface area contributed by atoms with E-state index in [0.717, 1.165) is 48.1 Å². The highest BCUT2D eigenvalue weighted by Gasteiger charge is 2.10. The Hall–Kier alpha value is -2.04. The fraction of sp³-hybridized carbons (Fsp3) is 0.278. The number of hydrogen-bond acceptors (Lipinski definition) is 4. The van der Waals surface area contributed by atoms with E-state index in [-0.39, 0.29) is 0 Å². The SMILES string of the molecule is Cc1ccc(N/N=C\c2ccc(N3CCOCC3)cc2)cc1Cl. The Bertz CT molecular complexity index is 679. The van der Waals surface area contributed by atoms with Crippen LogP contribution in [0.2, 0.25) is 5.02 Å². The number of nitrogens with one attached hydrogen (secondary N) is 1. The first kappa shape index (κ1) is 15.8. The van der Waals surface area contributed by atoms with Crippen molar-refractivity contribution in [1.29, 1.82) is 0 Å². The van der Waals surface area contributed by atoms with Crippen molar-refractivity contribution in [3.8, 4) is 0 Å². The van der Waals surface area contributed by atoms with E-state index in [4.69, 9.17) is 16.3 Å². The van der Waals surface area contributed by atoms with E-state index < -0.39 is 0 Å². The summed E-state index contributed by atoms with van der Waals surface area (Å²) < 4.78 is 5.38. The van der Waals surface area contributed by atoms with Gasteiger partial charge in [-0.1, -0.05) is 29.8 Å². The molecule has 1 heterocycles. The maximum Gasteiger partial charge on any atom is 0.0642 e. The van der Waals surface area contributed by atoms with Gasteiger partial charge in [0.25, 0.3) is 0 Å². The topological polar surface area (TPSA) is 36.9 Å². The van der Waals surface area contributed by atoms with Gasteiger partial charge in [-0.25, -0.2) is 0 Å². The number of aryl methyl sites for hydroxylation is 1. The maximum absolute atomic E-state index is 6.10. The largest absolute Gasteiger partial charge is 0.378 e. The van der Waals surface area contributed by atoms with E-state index in [1.807, 2.05) is 25.1 Å². The van der Waals surface area contributed by atoms with E-state index >= 15 is 0 Å². The number of rotatable bonds is 4. The molecule has 1 N–H and O–H groups in total. The zero-order valence-corrected chi connectivity index (χ0v) is 13.9. The number of hydrazone groups is 1. The van der Waals surface area contributed by atoms with Gasteiger partial charge in [0, 0.05) is 23.8 Å². The molecule has 0 unspecified atom stereocenters. The van der Waals surface area contributed by atoms with Gasteiger partial charge in [0.05, 0.1) is 25.1 Å². The molecule has 0 aliphatic carbocycles. The molecule has 1 saturated heterocycles. The lowest BCUT2D eigenvalue weighted by Crippen LogP contribution is -2.36. The molecule has 1 aliphatic heterocycles. The highest BCUT2D eigenvalue weighted by atomic mass is 35.5. The second-order valence-electron chi connectivity index (χ2n) is 5.52. The Morgan fingerprint density at radius 3 is 2.57 bits per heavy atom. The van der Waals surface area contributed by atoms with Crippen LogP contribution >= 0.6 is 11.6 Å². The summed E-state index contributed by atoms with van der Waals surface area (Å²) in [5.41, 5.74) is 7.20. The molecule has 120 valence electrons. The molecule has 1 fully saturated rings. The van der Waals surface area contributed by atoms with E-state index in [1.54, 1.807) is 6.21 Å². The number of anilines is 2. The van der Waals surface area contributed by atoms with E-state index in [2.05, 4.69) is 39.7 Å². The number of hydrogen-bond donors (Lipinski definition) is 1. The average molecular weight is 330 g/mol. The zero-order chi connectivity index (χ0) is 16.1. The van der Waals surface area contributed by atoms with Crippen molar-refractivity contribution >= 4 is 29.2 Å². The van der Waals surface area contributed by atoms with E-state index in [9.17, 15) is 0 Å². The molecule has 2 aromatic carbocycles. The maximum atomic E-state index is 6.10. The van der Waals surface area contributed by atoms with Gasteiger partial charge in [-0.15, -0.1) is 0 Å². The van der Waals surface area contributed by atoms with Crippen LogP contribution in [0.3, 0.4) is 0 Å². The fourth-order valence-electron chi connectivity index (χ4n) is 2.44. The molecule has 5 heteroatoms. The predicted octanol–water partition coefficient (Wildman–Crippen LogP) is 3.93. The summed E-state index contributed by atoms with van der Waals surface area (Å²) in [7, 11) is 0. The van der Waals surface area contributed by atoms with Gasteiger partial charge in [0.2, 0.25) is 0 Å². The third-order valence-corrected chi connectivity index (χ3v) is 4.26. The van der Waals surface area contributed by atoms with Crippen molar-refractivity contribution in [2.75, 3.05) is 36.6 Å². The summed E-state index contributed by atoms with van der Waals surface area (Å²) >= 11 is 6.10. The molecule has 0 bridgehead atoms. The quantitative estimate of drug-likeness (QED) is 0.682. The molecular formula is C18H20ClN3O. The zero-order valence-electron chi connectivity index (χ0n) is 13.1. The van der Waals surface area contributed by atoms with Crippen LogP contribution in [0.1, 0.15) is 11.1 Å². The lowest BCUT2D eigenvalue weighted by atomic mass is 10.2. The minimum atomic E-state index is 0.736. The fourth-order valence-corrected chi connectivity index (χ4v) is 2.62. The molecule has 0 aromatic heterocycles. The summed E-state index contributed by atoms with van der Waals surface area (Å²) in [5, 5.41) is 4.99. The number of morpholine rings is 1. The van der Waals surface area contributed by atoms with Crippen LogP contribution in [0.5, 0.6) is 0 Å². The molecule has 2 aromatic rings. The van der Waals surface area contributed by atoms with Crippen molar-refractivity contribution in [2.24, 2.45) is 5.10 Å². The molecule has 0 amide bonds. The predicted molar refractivity (Wildman–Crippen MR) is 96.9 cm³/mol. The number of ether oxygens (including phenoxy) is 1. The lowest BCUT2D eigenvalue weighted by Gasteiger charge is -2.28. The smallest absolute Gasteiger partial charge is 0.0642 e. The highest BCUT2D eigenvalue weighted by molar-refractivity contribution is 6.31. The Morgan fingerprint density at radius 2 is 1.87 bits per heavy atom. The monoisotopic (exact) mass is 329 g/mol. The van der Waals surface area contributed by atoms with Gasteiger partial charge in [0.1, 0.15) is 0 Å². The molecule has 1 aliphatic rings. The van der Waals surface area contributed by atoms with Crippen LogP contribution < -0.4 is 10.3 Å². The third kappa shape index (κ3) is 4.24. The van der Waals surface area contributed by atoms with Gasteiger partial charge in [-0.05, 0) is 42.3 Å². The first-order valence-corrected chi connectivity index (χ1v) is 8.08. The molecule has 0 radical (unpaired) electrons. The van der Waals surface area contributed by atoms with Gasteiger partial charge >= 0.3 is 0 Å². The summed E-state index contributed by atoms with van der Waals surface area (Å²) in [4.78, 5) is 2.33. The van der Waals surface area contributed by atoms with Crippen molar-refractivity contribution in [3.05, 3.63) is 58.6 Å². The number of benzene rings is 2. The number of halogens is 1. The number of nitrogens with zero attached hydrogens (tertiary/aromatic N) is 2. The van der Waals surface area contributed by atoms with Crippen molar-refractivity contribution in [1.82, 2.24) is 0 Å². The Balaban J connectivity index is 1.60. The molecular weight excluding hydrogens is 310 g/mol. The summed E-state index contributed by atoms with van der Waals surface area (Å²) in [5.74, 6) is 0. The molecule has 3 rings (SSSR count). The summed E-state index contributed by atoms with van der Waals surface area (Å²) in [6.45, 7) is 5.47. The van der Waals surface area contributed by atoms with Crippen LogP contribution in [0.25, 0.3) is 0 Å². The standard InChI is InChI=1S/C18H20ClN3O/c1-14-2-5-16(12-18(14)19)21-20-13-15-3-6-17(7-4-15)22-8-10-23-11-9-22/h2-7,12-13,21H,8-11H2,1H3/b20-13-. The average Bonchev–Trinajstić information content (AvgIpc) is 2.59. The van der Waals surface area contributed by atoms with E-state index in [1.165, 1.54) is 5.69 Å². The molecule has 0 atom stereocenters. The highest BCUT2D eigenvalue weighted by Crippen LogP contribution is 2.20. The minimum Gasteiger partial charge on any atom is -0.378 e. The summed E-state index contributed by atoms with van der Waals surface area (Å²) in [6.07, 6.45) is 1.80. The second kappa shape index (κ2) is 7.49. The van der Waals surface area contributed by atoms with Crippen LogP contribution in [-0.4, -0.2) is 32.5 Å². The molecule has 4 nitrogen and oxygen atoms in total. The van der Waals surface area contributed by atoms with Crippen LogP contribution in [-0.2, 0) is 4.74 Å². The first-order chi connectivity index (χ1) is 11.2. The van der Waals surface area contributed by atoms with Crippen molar-refractivity contribution in [3.63, 3.8) is 0 Å². The minimum absolute atomic E-state index is 0.736. The third-order valence-electron chi connectivity index (χ3n) is 3.85. The van der Waals surface area contributed by atoms with Gasteiger partial charge in [0.15, 0.2) is 0 Å². The van der Waals surface area contributed by atoms with Crippen LogP contribution in [0, 0.1) is 6.92 Å². The summed E-state index contributed by atoms with van der Waals surface area (Å²) in [6, 6.07) is 14.2. The Morgan fingerprint density at radius 1 is 1.13 bits per heavy atom. The van der Waals surface area contributed by atoms with Crippen LogP contribution in [0.4, 0.5) is 11.4 Å². The van der Waals surface area contributed by atoms with E-state index in [0.29, 0.717) is 0 Å². The normalized spacial score (nSPS) is 15.1. The van der Waals surface area contributed by atoms with Gasteiger partial charge in [-0.3, -0.25) is 5.43 Å². The van der Waals surface area contributed by atoms with Gasteiger partial charge in [-0.2, -0.15) is 5.10 Å². The van der Waals surface area contributed by atoms with Crippen LogP contribution in [0.15, 0.2) is 47.6 Å². The first-order valence-electron chi connectivity index (χ1n) is 7.70. The molecule has 0 spiro atoms. The Labute approximate surface area is 141 Å². The molecule has 23 heavy (non-hydrogen) atoms. The lowest BCUT2D eigenvalue weighted by molar-refractivity contribution is 0.122. The van der Waals surface area contributed by atoms with Crippen molar-refractivity contribution < 1.29 is 4.74 Å². The van der Waals surface area contributed by atoms with Crippen molar-refractivity contribution in [2.45, 2.75) is 6.92 Å². The molecule has 0 saturated carbocycles.